The van der Waals surface area contributed by atoms with Gasteiger partial charge >= 0.3 is 0 Å². The largest absolute Gasteiger partial charge is 0.360 e. The van der Waals surface area contributed by atoms with Gasteiger partial charge in [-0.1, -0.05) is 16.9 Å². The first-order valence-corrected chi connectivity index (χ1v) is 8.95. The molecular weight excluding hydrogens is 344 g/mol. The first kappa shape index (κ1) is 15.9. The van der Waals surface area contributed by atoms with Gasteiger partial charge in [0.2, 0.25) is 11.7 Å². The topological polar surface area (TPSA) is 118 Å². The molecule has 1 aliphatic rings. The molecular formula is C15H16N6O3S. The maximum absolute atomic E-state index is 12.1. The highest BCUT2D eigenvalue weighted by Gasteiger charge is 2.20. The molecule has 0 atom stereocenters. The number of aromatic nitrogens is 5. The van der Waals surface area contributed by atoms with E-state index >= 15 is 0 Å². The zero-order valence-corrected chi connectivity index (χ0v) is 14.4. The molecule has 0 radical (unpaired) electrons. The summed E-state index contributed by atoms with van der Waals surface area (Å²) < 4.78 is 6.77. The lowest BCUT2D eigenvalue weighted by atomic mass is 9.97. The highest BCUT2D eigenvalue weighted by atomic mass is 32.2. The molecule has 0 aliphatic heterocycles. The smallest absolute Gasteiger partial charge is 0.255 e. The van der Waals surface area contributed by atoms with Crippen molar-refractivity contribution in [2.24, 2.45) is 0 Å². The second-order valence-corrected chi connectivity index (χ2v) is 6.83. The number of fused-ring (bicyclic) bond motifs is 3. The molecule has 1 aliphatic carbocycles. The number of nitrogens with one attached hydrogen (secondary N) is 2. The number of rotatable bonds is 4. The third-order valence-corrected chi connectivity index (χ3v) is 5.00. The summed E-state index contributed by atoms with van der Waals surface area (Å²) >= 11 is 1.27. The van der Waals surface area contributed by atoms with E-state index in [9.17, 15) is 9.59 Å². The van der Waals surface area contributed by atoms with Gasteiger partial charge in [0.15, 0.2) is 11.0 Å². The van der Waals surface area contributed by atoms with Gasteiger partial charge in [0.1, 0.15) is 5.76 Å². The standard InChI is InChI=1S/C15H16N6O3S/c1-8-6-11(20-24-8)16-12(22)7-25-15-19-18-14-17-13(23)9-4-2-3-5-10(9)21(14)15/h6H,2-5,7H2,1H3,(H,16,20,22)(H,17,18,23). The van der Waals surface area contributed by atoms with Gasteiger partial charge in [-0.25, -0.2) is 0 Å². The summed E-state index contributed by atoms with van der Waals surface area (Å²) in [6, 6.07) is 1.65. The Morgan fingerprint density at radius 2 is 2.24 bits per heavy atom. The van der Waals surface area contributed by atoms with Crippen molar-refractivity contribution >= 4 is 29.3 Å². The van der Waals surface area contributed by atoms with Crippen LogP contribution in [0.3, 0.4) is 0 Å². The molecule has 1 amide bonds. The lowest BCUT2D eigenvalue weighted by molar-refractivity contribution is -0.113. The molecule has 0 fully saturated rings. The summed E-state index contributed by atoms with van der Waals surface area (Å²) in [6.45, 7) is 1.75. The van der Waals surface area contributed by atoms with Crippen molar-refractivity contribution < 1.29 is 9.32 Å². The first-order chi connectivity index (χ1) is 12.1. The summed E-state index contributed by atoms with van der Waals surface area (Å²) in [5.74, 6) is 1.37. The second kappa shape index (κ2) is 6.36. The summed E-state index contributed by atoms with van der Waals surface area (Å²) in [6.07, 6.45) is 3.60. The van der Waals surface area contributed by atoms with Crippen molar-refractivity contribution in [1.29, 1.82) is 0 Å². The van der Waals surface area contributed by atoms with E-state index in [0.717, 1.165) is 36.9 Å². The minimum Gasteiger partial charge on any atom is -0.360 e. The van der Waals surface area contributed by atoms with Gasteiger partial charge in [-0.2, -0.15) is 0 Å². The fraction of sp³-hybridized carbons (Fsp3) is 0.400. The fourth-order valence-corrected chi connectivity index (χ4v) is 3.74. The molecule has 4 rings (SSSR count). The Morgan fingerprint density at radius 3 is 3.04 bits per heavy atom. The Kier molecular flexibility index (Phi) is 4.04. The zero-order chi connectivity index (χ0) is 17.4. The van der Waals surface area contributed by atoms with Gasteiger partial charge in [0, 0.05) is 17.3 Å². The van der Waals surface area contributed by atoms with E-state index in [4.69, 9.17) is 4.52 Å². The number of thioether (sulfide) groups is 1. The van der Waals surface area contributed by atoms with Crippen LogP contribution in [0.5, 0.6) is 0 Å². The molecule has 130 valence electrons. The van der Waals surface area contributed by atoms with Gasteiger partial charge in [-0.15, -0.1) is 10.2 Å². The Labute approximate surface area is 146 Å². The van der Waals surface area contributed by atoms with Crippen LogP contribution in [0.15, 0.2) is 20.5 Å². The Balaban J connectivity index is 1.55. The summed E-state index contributed by atoms with van der Waals surface area (Å²) in [7, 11) is 0. The van der Waals surface area contributed by atoms with Crippen LogP contribution in [0, 0.1) is 6.92 Å². The molecule has 9 nitrogen and oxygen atoms in total. The number of H-pyrrole nitrogens is 1. The zero-order valence-electron chi connectivity index (χ0n) is 13.5. The predicted molar refractivity (Wildman–Crippen MR) is 90.8 cm³/mol. The van der Waals surface area contributed by atoms with E-state index in [-0.39, 0.29) is 17.2 Å². The van der Waals surface area contributed by atoms with Crippen LogP contribution in [-0.2, 0) is 17.6 Å². The molecule has 3 aromatic heterocycles. The molecule has 0 unspecified atom stereocenters. The fourth-order valence-electron chi connectivity index (χ4n) is 2.98. The number of amides is 1. The van der Waals surface area contributed by atoms with Crippen molar-refractivity contribution in [2.75, 3.05) is 11.1 Å². The van der Waals surface area contributed by atoms with E-state index in [2.05, 4.69) is 25.7 Å². The number of aryl methyl sites for hydroxylation is 2. The highest BCUT2D eigenvalue weighted by Crippen LogP contribution is 2.23. The van der Waals surface area contributed by atoms with E-state index < -0.39 is 0 Å². The molecule has 10 heteroatoms. The molecule has 0 aromatic carbocycles. The van der Waals surface area contributed by atoms with E-state index in [1.807, 2.05) is 4.40 Å². The normalized spacial score (nSPS) is 13.8. The second-order valence-electron chi connectivity index (χ2n) is 5.89. The predicted octanol–water partition coefficient (Wildman–Crippen LogP) is 1.32. The molecule has 25 heavy (non-hydrogen) atoms. The highest BCUT2D eigenvalue weighted by molar-refractivity contribution is 7.99. The third kappa shape index (κ3) is 3.04. The molecule has 3 heterocycles. The number of hydrogen-bond acceptors (Lipinski definition) is 7. The van der Waals surface area contributed by atoms with Gasteiger partial charge < -0.3 is 9.84 Å². The van der Waals surface area contributed by atoms with Crippen LogP contribution in [-0.4, -0.2) is 36.4 Å². The minimum absolute atomic E-state index is 0.0923. The molecule has 0 spiro atoms. The van der Waals surface area contributed by atoms with Crippen molar-refractivity contribution in [3.8, 4) is 0 Å². The van der Waals surface area contributed by atoms with Crippen LogP contribution in [0.4, 0.5) is 5.82 Å². The first-order valence-electron chi connectivity index (χ1n) is 7.97. The number of carbonyl (C=O) groups is 1. The van der Waals surface area contributed by atoms with Crippen molar-refractivity contribution in [2.45, 2.75) is 37.8 Å². The number of nitrogens with zero attached hydrogens (tertiary/aromatic N) is 4. The Morgan fingerprint density at radius 1 is 1.40 bits per heavy atom. The molecule has 0 bridgehead atoms. The summed E-state index contributed by atoms with van der Waals surface area (Å²) in [5, 5.41) is 15.1. The molecule has 0 saturated carbocycles. The van der Waals surface area contributed by atoms with Crippen molar-refractivity contribution in [1.82, 2.24) is 24.7 Å². The average molecular weight is 360 g/mol. The average Bonchev–Trinajstić information content (AvgIpc) is 3.19. The molecule has 0 saturated heterocycles. The third-order valence-electron chi connectivity index (χ3n) is 4.07. The van der Waals surface area contributed by atoms with Gasteiger partial charge in [0.05, 0.1) is 5.75 Å². The van der Waals surface area contributed by atoms with Gasteiger partial charge in [0.25, 0.3) is 5.56 Å². The van der Waals surface area contributed by atoms with Crippen LogP contribution < -0.4 is 10.9 Å². The number of carbonyl (C=O) groups excluding carboxylic acids is 1. The van der Waals surface area contributed by atoms with Crippen LogP contribution >= 0.6 is 11.8 Å². The summed E-state index contributed by atoms with van der Waals surface area (Å²) in [4.78, 5) is 27.0. The lowest BCUT2D eigenvalue weighted by Gasteiger charge is -2.16. The summed E-state index contributed by atoms with van der Waals surface area (Å²) in [5.41, 5.74) is 1.65. The Bertz CT molecular complexity index is 1000. The van der Waals surface area contributed by atoms with Crippen molar-refractivity contribution in [3.63, 3.8) is 0 Å². The lowest BCUT2D eigenvalue weighted by Crippen LogP contribution is -2.23. The SMILES string of the molecule is Cc1cc(NC(=O)CSc2nnc3[nH]c(=O)c4c(n23)CCCC4)no1. The number of aromatic amines is 1. The monoisotopic (exact) mass is 360 g/mol. The Hall–Kier alpha value is -2.62. The minimum atomic E-state index is -0.214. The van der Waals surface area contributed by atoms with E-state index in [1.165, 1.54) is 11.8 Å². The van der Waals surface area contributed by atoms with Gasteiger partial charge in [-0.3, -0.25) is 19.0 Å². The number of hydrogen-bond donors (Lipinski definition) is 2. The van der Waals surface area contributed by atoms with Crippen LogP contribution in [0.2, 0.25) is 0 Å². The molecule has 2 N–H and O–H groups in total. The maximum Gasteiger partial charge on any atom is 0.255 e. The van der Waals surface area contributed by atoms with E-state index in [1.54, 1.807) is 13.0 Å². The quantitative estimate of drug-likeness (QED) is 0.674. The van der Waals surface area contributed by atoms with Gasteiger partial charge in [-0.05, 0) is 32.6 Å². The molecule has 3 aromatic rings. The van der Waals surface area contributed by atoms with Crippen LogP contribution in [0.25, 0.3) is 5.78 Å². The maximum atomic E-state index is 12.1. The van der Waals surface area contributed by atoms with Crippen LogP contribution in [0.1, 0.15) is 29.9 Å². The van der Waals surface area contributed by atoms with Crippen molar-refractivity contribution in [3.05, 3.63) is 33.4 Å². The number of anilines is 1. The van der Waals surface area contributed by atoms with E-state index in [0.29, 0.717) is 22.5 Å².